The van der Waals surface area contributed by atoms with Crippen LogP contribution >= 0.6 is 12.4 Å². The molecule has 1 atom stereocenters. The van der Waals surface area contributed by atoms with E-state index in [0.29, 0.717) is 13.2 Å². The molecule has 0 aromatic heterocycles. The summed E-state index contributed by atoms with van der Waals surface area (Å²) in [4.78, 5) is 13.8. The van der Waals surface area contributed by atoms with Crippen molar-refractivity contribution >= 4 is 18.3 Å². The zero-order chi connectivity index (χ0) is 13.7. The Morgan fingerprint density at radius 2 is 2.20 bits per heavy atom. The van der Waals surface area contributed by atoms with Gasteiger partial charge in [0.2, 0.25) is 5.91 Å². The number of ether oxygens (including phenoxy) is 1. The second-order valence-corrected chi connectivity index (χ2v) is 5.02. The minimum Gasteiger partial charge on any atom is -0.491 e. The SMILES string of the molecule is Cc1ccccc1OCCN(C)C(=O)[C@@H]1CCCN1.Cl. The quantitative estimate of drug-likeness (QED) is 0.904. The van der Waals surface area contributed by atoms with Crippen molar-refractivity contribution in [2.75, 3.05) is 26.7 Å². The number of carbonyl (C=O) groups is 1. The van der Waals surface area contributed by atoms with Gasteiger partial charge in [-0.1, -0.05) is 18.2 Å². The number of para-hydroxylation sites is 1. The Balaban J connectivity index is 0.00000200. The van der Waals surface area contributed by atoms with Gasteiger partial charge in [-0.05, 0) is 37.9 Å². The second kappa shape index (κ2) is 8.12. The van der Waals surface area contributed by atoms with Gasteiger partial charge in [0, 0.05) is 7.05 Å². The molecule has 0 spiro atoms. The molecule has 1 heterocycles. The van der Waals surface area contributed by atoms with Gasteiger partial charge in [0.1, 0.15) is 12.4 Å². The van der Waals surface area contributed by atoms with E-state index in [2.05, 4.69) is 5.32 Å². The minimum atomic E-state index is 0. The van der Waals surface area contributed by atoms with Crippen molar-refractivity contribution in [3.8, 4) is 5.75 Å². The van der Waals surface area contributed by atoms with Crippen LogP contribution in [-0.2, 0) is 4.79 Å². The number of nitrogens with one attached hydrogen (secondary N) is 1. The van der Waals surface area contributed by atoms with Crippen LogP contribution in [0.1, 0.15) is 18.4 Å². The van der Waals surface area contributed by atoms with E-state index < -0.39 is 0 Å². The highest BCUT2D eigenvalue weighted by atomic mass is 35.5. The fourth-order valence-electron chi connectivity index (χ4n) is 2.28. The number of halogens is 1. The third-order valence-electron chi connectivity index (χ3n) is 3.51. The summed E-state index contributed by atoms with van der Waals surface area (Å²) in [7, 11) is 1.84. The van der Waals surface area contributed by atoms with Crippen LogP contribution in [0.3, 0.4) is 0 Å². The van der Waals surface area contributed by atoms with Gasteiger partial charge in [0.05, 0.1) is 12.6 Å². The molecule has 4 nitrogen and oxygen atoms in total. The number of likely N-dealkylation sites (N-methyl/N-ethyl adjacent to an activating group) is 1. The molecule has 1 N–H and O–H groups in total. The molecular weight excluding hydrogens is 276 g/mol. The fraction of sp³-hybridized carbons (Fsp3) is 0.533. The molecule has 112 valence electrons. The number of amides is 1. The first-order chi connectivity index (χ1) is 9.18. The van der Waals surface area contributed by atoms with Gasteiger partial charge in [-0.15, -0.1) is 12.4 Å². The summed E-state index contributed by atoms with van der Waals surface area (Å²) >= 11 is 0. The molecular formula is C15H23ClN2O2. The third-order valence-corrected chi connectivity index (χ3v) is 3.51. The van der Waals surface area contributed by atoms with Gasteiger partial charge in [-0.3, -0.25) is 4.79 Å². The molecule has 2 rings (SSSR count). The number of nitrogens with zero attached hydrogens (tertiary/aromatic N) is 1. The van der Waals surface area contributed by atoms with Crippen molar-refractivity contribution in [1.29, 1.82) is 0 Å². The molecule has 20 heavy (non-hydrogen) atoms. The third kappa shape index (κ3) is 4.39. The average molecular weight is 299 g/mol. The number of carbonyl (C=O) groups excluding carboxylic acids is 1. The van der Waals surface area contributed by atoms with Crippen LogP contribution in [0.5, 0.6) is 5.75 Å². The molecule has 1 amide bonds. The Bertz CT molecular complexity index is 434. The molecule has 5 heteroatoms. The van der Waals surface area contributed by atoms with E-state index in [1.54, 1.807) is 4.90 Å². The van der Waals surface area contributed by atoms with E-state index in [-0.39, 0.29) is 24.4 Å². The van der Waals surface area contributed by atoms with Crippen LogP contribution in [0.2, 0.25) is 0 Å². The minimum absolute atomic E-state index is 0. The topological polar surface area (TPSA) is 41.6 Å². The molecule has 0 radical (unpaired) electrons. The van der Waals surface area contributed by atoms with Crippen molar-refractivity contribution in [1.82, 2.24) is 10.2 Å². The lowest BCUT2D eigenvalue weighted by Crippen LogP contribution is -2.43. The van der Waals surface area contributed by atoms with Gasteiger partial charge < -0.3 is 15.0 Å². The zero-order valence-corrected chi connectivity index (χ0v) is 12.9. The van der Waals surface area contributed by atoms with Crippen LogP contribution in [0.25, 0.3) is 0 Å². The molecule has 1 aromatic carbocycles. The first kappa shape index (κ1) is 16.8. The highest BCUT2D eigenvalue weighted by molar-refractivity contribution is 5.85. The lowest BCUT2D eigenvalue weighted by Gasteiger charge is -2.21. The summed E-state index contributed by atoms with van der Waals surface area (Å²) in [5.74, 6) is 1.06. The molecule has 0 unspecified atom stereocenters. The monoisotopic (exact) mass is 298 g/mol. The summed E-state index contributed by atoms with van der Waals surface area (Å²) in [5.41, 5.74) is 1.12. The fourth-order valence-corrected chi connectivity index (χ4v) is 2.28. The first-order valence-corrected chi connectivity index (χ1v) is 6.85. The lowest BCUT2D eigenvalue weighted by molar-refractivity contribution is -0.132. The average Bonchev–Trinajstić information content (AvgIpc) is 2.94. The van der Waals surface area contributed by atoms with E-state index in [1.165, 1.54) is 0 Å². The predicted molar refractivity (Wildman–Crippen MR) is 82.6 cm³/mol. The summed E-state index contributed by atoms with van der Waals surface area (Å²) in [6.45, 7) is 4.11. The van der Waals surface area contributed by atoms with Gasteiger partial charge in [0.15, 0.2) is 0 Å². The number of hydrogen-bond donors (Lipinski definition) is 1. The van der Waals surface area contributed by atoms with Crippen molar-refractivity contribution in [3.63, 3.8) is 0 Å². The Morgan fingerprint density at radius 1 is 1.45 bits per heavy atom. The normalized spacial score (nSPS) is 17.4. The van der Waals surface area contributed by atoms with E-state index in [0.717, 1.165) is 30.7 Å². The summed E-state index contributed by atoms with van der Waals surface area (Å²) in [6.07, 6.45) is 2.03. The van der Waals surface area contributed by atoms with Crippen LogP contribution in [0, 0.1) is 6.92 Å². The Morgan fingerprint density at radius 3 is 2.85 bits per heavy atom. The van der Waals surface area contributed by atoms with Crippen molar-refractivity contribution < 1.29 is 9.53 Å². The molecule has 0 aliphatic carbocycles. The van der Waals surface area contributed by atoms with Crippen LogP contribution in [0.4, 0.5) is 0 Å². The Hall–Kier alpha value is -1.26. The summed E-state index contributed by atoms with van der Waals surface area (Å²) < 4.78 is 5.71. The van der Waals surface area contributed by atoms with Gasteiger partial charge in [0.25, 0.3) is 0 Å². The van der Waals surface area contributed by atoms with Crippen LogP contribution in [-0.4, -0.2) is 43.6 Å². The Kier molecular flexibility index (Phi) is 6.82. The maximum Gasteiger partial charge on any atom is 0.239 e. The number of benzene rings is 1. The van der Waals surface area contributed by atoms with Gasteiger partial charge in [-0.2, -0.15) is 0 Å². The van der Waals surface area contributed by atoms with Crippen molar-refractivity contribution in [3.05, 3.63) is 29.8 Å². The predicted octanol–water partition coefficient (Wildman–Crippen LogP) is 2.01. The molecule has 1 aromatic rings. The maximum atomic E-state index is 12.1. The Labute approximate surface area is 126 Å². The number of aryl methyl sites for hydroxylation is 1. The van der Waals surface area contributed by atoms with Crippen molar-refractivity contribution in [2.45, 2.75) is 25.8 Å². The van der Waals surface area contributed by atoms with Crippen LogP contribution < -0.4 is 10.1 Å². The molecule has 1 fully saturated rings. The van der Waals surface area contributed by atoms with E-state index in [1.807, 2.05) is 38.2 Å². The lowest BCUT2D eigenvalue weighted by atomic mass is 10.2. The zero-order valence-electron chi connectivity index (χ0n) is 12.1. The van der Waals surface area contributed by atoms with Crippen molar-refractivity contribution in [2.24, 2.45) is 0 Å². The van der Waals surface area contributed by atoms with Gasteiger partial charge >= 0.3 is 0 Å². The molecule has 0 saturated carbocycles. The highest BCUT2D eigenvalue weighted by Crippen LogP contribution is 2.16. The summed E-state index contributed by atoms with van der Waals surface area (Å²) in [5, 5.41) is 3.22. The van der Waals surface area contributed by atoms with E-state index >= 15 is 0 Å². The maximum absolute atomic E-state index is 12.1. The number of rotatable bonds is 5. The first-order valence-electron chi connectivity index (χ1n) is 6.85. The molecule has 1 aliphatic rings. The van der Waals surface area contributed by atoms with E-state index in [9.17, 15) is 4.79 Å². The standard InChI is InChI=1S/C15H22N2O2.ClH/c1-12-6-3-4-8-14(12)19-11-10-17(2)15(18)13-7-5-9-16-13;/h3-4,6,8,13,16H,5,7,9-11H2,1-2H3;1H/t13-;/m0./s1. The van der Waals surface area contributed by atoms with E-state index in [4.69, 9.17) is 4.74 Å². The second-order valence-electron chi connectivity index (χ2n) is 5.02. The largest absolute Gasteiger partial charge is 0.491 e. The van der Waals surface area contributed by atoms with Crippen LogP contribution in [0.15, 0.2) is 24.3 Å². The number of hydrogen-bond acceptors (Lipinski definition) is 3. The highest BCUT2D eigenvalue weighted by Gasteiger charge is 2.24. The van der Waals surface area contributed by atoms with Gasteiger partial charge in [-0.25, -0.2) is 0 Å². The molecule has 1 aliphatic heterocycles. The summed E-state index contributed by atoms with van der Waals surface area (Å²) in [6, 6.07) is 7.93. The smallest absolute Gasteiger partial charge is 0.239 e. The molecule has 0 bridgehead atoms. The molecule has 1 saturated heterocycles.